The van der Waals surface area contributed by atoms with E-state index in [2.05, 4.69) is 5.32 Å². The lowest BCUT2D eigenvalue weighted by Crippen LogP contribution is -2.35. The summed E-state index contributed by atoms with van der Waals surface area (Å²) in [6, 6.07) is 11.5. The molecule has 4 nitrogen and oxygen atoms in total. The van der Waals surface area contributed by atoms with Gasteiger partial charge in [-0.15, -0.1) is 0 Å². The molecular formula is C19H20FNO3. The highest BCUT2D eigenvalue weighted by molar-refractivity contribution is 5.99. The summed E-state index contributed by atoms with van der Waals surface area (Å²) < 4.78 is 19.7. The summed E-state index contributed by atoms with van der Waals surface area (Å²) in [5.74, 6) is -0.280. The first-order valence-corrected chi connectivity index (χ1v) is 7.91. The Morgan fingerprint density at radius 1 is 1.25 bits per heavy atom. The Hall–Kier alpha value is -2.40. The zero-order valence-corrected chi connectivity index (χ0v) is 13.7. The van der Waals surface area contributed by atoms with Crippen LogP contribution in [-0.2, 0) is 10.2 Å². The van der Waals surface area contributed by atoms with E-state index in [9.17, 15) is 14.3 Å². The molecule has 0 radical (unpaired) electrons. The van der Waals surface area contributed by atoms with E-state index in [1.807, 2.05) is 0 Å². The molecule has 24 heavy (non-hydrogen) atoms. The summed E-state index contributed by atoms with van der Waals surface area (Å²) in [7, 11) is 0. The largest absolute Gasteiger partial charge is 0.491 e. The summed E-state index contributed by atoms with van der Waals surface area (Å²) in [5, 5.41) is 12.9. The molecular weight excluding hydrogens is 309 g/mol. The SMILES string of the molecule is CC(C)(C(=O)Nc1cccc2c1OCCC2O)c1ccccc1F. The van der Waals surface area contributed by atoms with Crippen molar-refractivity contribution in [2.45, 2.75) is 31.8 Å². The first-order chi connectivity index (χ1) is 11.4. The molecule has 0 saturated heterocycles. The van der Waals surface area contributed by atoms with E-state index >= 15 is 0 Å². The number of ether oxygens (including phenoxy) is 1. The highest BCUT2D eigenvalue weighted by atomic mass is 19.1. The lowest BCUT2D eigenvalue weighted by Gasteiger charge is -2.28. The zero-order valence-electron chi connectivity index (χ0n) is 13.7. The number of para-hydroxylation sites is 1. The van der Waals surface area contributed by atoms with Gasteiger partial charge in [-0.1, -0.05) is 30.3 Å². The van der Waals surface area contributed by atoms with Gasteiger partial charge in [-0.25, -0.2) is 4.39 Å². The number of hydrogen-bond donors (Lipinski definition) is 2. The number of halogens is 1. The zero-order chi connectivity index (χ0) is 17.3. The predicted molar refractivity (Wildman–Crippen MR) is 89.6 cm³/mol. The minimum absolute atomic E-state index is 0.327. The number of aliphatic hydroxyl groups is 1. The second kappa shape index (κ2) is 6.24. The van der Waals surface area contributed by atoms with Gasteiger partial charge >= 0.3 is 0 Å². The predicted octanol–water partition coefficient (Wildman–Crippen LogP) is 3.56. The van der Waals surface area contributed by atoms with Crippen LogP contribution in [0.5, 0.6) is 5.75 Å². The molecule has 0 saturated carbocycles. The number of amides is 1. The monoisotopic (exact) mass is 329 g/mol. The number of hydrogen-bond acceptors (Lipinski definition) is 3. The molecule has 2 N–H and O–H groups in total. The molecule has 2 aromatic rings. The second-order valence-electron chi connectivity index (χ2n) is 6.44. The van der Waals surface area contributed by atoms with Crippen LogP contribution in [0.1, 0.15) is 37.5 Å². The Labute approximate surface area is 140 Å². The number of benzene rings is 2. The molecule has 3 rings (SSSR count). The molecule has 0 aliphatic carbocycles. The van der Waals surface area contributed by atoms with Crippen molar-refractivity contribution < 1.29 is 19.0 Å². The first kappa shape index (κ1) is 16.5. The maximum Gasteiger partial charge on any atom is 0.234 e. The fraction of sp³-hybridized carbons (Fsp3) is 0.316. The van der Waals surface area contributed by atoms with Gasteiger partial charge in [0.25, 0.3) is 0 Å². The van der Waals surface area contributed by atoms with Crippen molar-refractivity contribution in [1.82, 2.24) is 0 Å². The van der Waals surface area contributed by atoms with E-state index in [1.54, 1.807) is 50.2 Å². The number of rotatable bonds is 3. The van der Waals surface area contributed by atoms with Crippen molar-refractivity contribution in [3.8, 4) is 5.75 Å². The third-order valence-electron chi connectivity index (χ3n) is 4.41. The van der Waals surface area contributed by atoms with E-state index < -0.39 is 17.3 Å². The van der Waals surface area contributed by atoms with Crippen LogP contribution < -0.4 is 10.1 Å². The van der Waals surface area contributed by atoms with Gasteiger partial charge in [0.1, 0.15) is 11.6 Å². The van der Waals surface area contributed by atoms with Gasteiger partial charge in [-0.05, 0) is 26.0 Å². The molecule has 1 amide bonds. The maximum absolute atomic E-state index is 14.1. The third-order valence-corrected chi connectivity index (χ3v) is 4.41. The molecule has 1 aliphatic rings. The van der Waals surface area contributed by atoms with Gasteiger partial charge in [0.15, 0.2) is 0 Å². The van der Waals surface area contributed by atoms with Gasteiger partial charge in [0.05, 0.1) is 23.8 Å². The van der Waals surface area contributed by atoms with Gasteiger partial charge in [-0.3, -0.25) is 4.79 Å². The number of nitrogens with one attached hydrogen (secondary N) is 1. The minimum Gasteiger partial charge on any atom is -0.491 e. The van der Waals surface area contributed by atoms with Crippen molar-refractivity contribution in [2.24, 2.45) is 0 Å². The summed E-state index contributed by atoms with van der Waals surface area (Å²) in [6.07, 6.45) is -0.0873. The highest BCUT2D eigenvalue weighted by Gasteiger charge is 2.33. The average molecular weight is 329 g/mol. The van der Waals surface area contributed by atoms with E-state index in [1.165, 1.54) is 6.07 Å². The third kappa shape index (κ3) is 2.87. The molecule has 5 heteroatoms. The Balaban J connectivity index is 1.91. The van der Waals surface area contributed by atoms with Crippen LogP contribution in [0.15, 0.2) is 42.5 Å². The van der Waals surface area contributed by atoms with Gasteiger partial charge < -0.3 is 15.2 Å². The lowest BCUT2D eigenvalue weighted by molar-refractivity contribution is -0.120. The Morgan fingerprint density at radius 2 is 2.00 bits per heavy atom. The van der Waals surface area contributed by atoms with Crippen LogP contribution >= 0.6 is 0 Å². The van der Waals surface area contributed by atoms with Crippen LogP contribution in [0.25, 0.3) is 0 Å². The Bertz CT molecular complexity index is 773. The molecule has 2 aromatic carbocycles. The molecule has 126 valence electrons. The van der Waals surface area contributed by atoms with Crippen molar-refractivity contribution in [3.05, 3.63) is 59.4 Å². The van der Waals surface area contributed by atoms with Crippen LogP contribution in [-0.4, -0.2) is 17.6 Å². The normalized spacial score (nSPS) is 16.9. The van der Waals surface area contributed by atoms with Crippen LogP contribution in [0.2, 0.25) is 0 Å². The Kier molecular flexibility index (Phi) is 4.28. The summed E-state index contributed by atoms with van der Waals surface area (Å²) in [6.45, 7) is 3.73. The van der Waals surface area contributed by atoms with E-state index in [-0.39, 0.29) is 5.91 Å². The molecule has 1 aliphatic heterocycles. The van der Waals surface area contributed by atoms with Crippen molar-refractivity contribution >= 4 is 11.6 Å². The van der Waals surface area contributed by atoms with E-state index in [0.29, 0.717) is 35.6 Å². The number of carbonyl (C=O) groups is 1. The smallest absolute Gasteiger partial charge is 0.234 e. The molecule has 0 aromatic heterocycles. The molecule has 1 atom stereocenters. The summed E-state index contributed by atoms with van der Waals surface area (Å²) in [4.78, 5) is 12.8. The Morgan fingerprint density at radius 3 is 2.75 bits per heavy atom. The fourth-order valence-corrected chi connectivity index (χ4v) is 2.87. The molecule has 0 fully saturated rings. The fourth-order valence-electron chi connectivity index (χ4n) is 2.87. The number of aliphatic hydroxyl groups excluding tert-OH is 1. The van der Waals surface area contributed by atoms with Gasteiger partial charge in [-0.2, -0.15) is 0 Å². The highest BCUT2D eigenvalue weighted by Crippen LogP contribution is 2.38. The molecule has 0 bridgehead atoms. The number of anilines is 1. The summed E-state index contributed by atoms with van der Waals surface area (Å²) in [5.41, 5.74) is 0.415. The van der Waals surface area contributed by atoms with Crippen molar-refractivity contribution in [2.75, 3.05) is 11.9 Å². The van der Waals surface area contributed by atoms with Crippen LogP contribution in [0.4, 0.5) is 10.1 Å². The maximum atomic E-state index is 14.1. The van der Waals surface area contributed by atoms with Gasteiger partial charge in [0, 0.05) is 17.5 Å². The molecule has 1 unspecified atom stereocenters. The van der Waals surface area contributed by atoms with Crippen molar-refractivity contribution in [1.29, 1.82) is 0 Å². The molecule has 0 spiro atoms. The number of fused-ring (bicyclic) bond motifs is 1. The topological polar surface area (TPSA) is 58.6 Å². The molecule has 1 heterocycles. The van der Waals surface area contributed by atoms with Crippen molar-refractivity contribution in [3.63, 3.8) is 0 Å². The van der Waals surface area contributed by atoms with Crippen LogP contribution in [0.3, 0.4) is 0 Å². The standard InChI is InChI=1S/C19H20FNO3/c1-19(2,13-7-3-4-8-14(13)20)18(23)21-15-9-5-6-12-16(22)10-11-24-17(12)15/h3-9,16,22H,10-11H2,1-2H3,(H,21,23). The average Bonchev–Trinajstić information content (AvgIpc) is 2.56. The lowest BCUT2D eigenvalue weighted by atomic mass is 9.83. The van der Waals surface area contributed by atoms with E-state index in [0.717, 1.165) is 0 Å². The quantitative estimate of drug-likeness (QED) is 0.905. The van der Waals surface area contributed by atoms with E-state index in [4.69, 9.17) is 4.74 Å². The van der Waals surface area contributed by atoms with Crippen LogP contribution in [0, 0.1) is 5.82 Å². The second-order valence-corrected chi connectivity index (χ2v) is 6.44. The number of carbonyl (C=O) groups excluding carboxylic acids is 1. The summed E-state index contributed by atoms with van der Waals surface area (Å²) >= 11 is 0. The van der Waals surface area contributed by atoms with Gasteiger partial charge in [0.2, 0.25) is 5.91 Å². The minimum atomic E-state index is -1.05. The first-order valence-electron chi connectivity index (χ1n) is 7.91.